The number of nitrogens with zero attached hydrogens (tertiary/aromatic N) is 5. The van der Waals surface area contributed by atoms with Gasteiger partial charge in [0.15, 0.2) is 17.1 Å². The number of hydrogen-bond acceptors (Lipinski definition) is 6. The summed E-state index contributed by atoms with van der Waals surface area (Å²) in [6.45, 7) is 2.84. The van der Waals surface area contributed by atoms with Gasteiger partial charge in [-0.3, -0.25) is 4.90 Å². The standard InChI is InChI=1S/C20H25N5O2/c1-24-20-18(21-9-10-22-20)17(23-24)14-7-5-11-25(12-14)13-15-6-4-8-16(26-2)19(15)27-3/h4,6,8-10,14H,5,7,11-13H2,1-3H3. The Bertz CT molecular complexity index is 939. The Labute approximate surface area is 158 Å². The minimum atomic E-state index is 0.357. The summed E-state index contributed by atoms with van der Waals surface area (Å²) in [5.41, 5.74) is 3.97. The van der Waals surface area contributed by atoms with E-state index in [0.717, 1.165) is 66.4 Å². The normalized spacial score (nSPS) is 18.0. The number of fused-ring (bicyclic) bond motifs is 1. The third-order valence-corrected chi connectivity index (χ3v) is 5.26. The number of likely N-dealkylation sites (tertiary alicyclic amines) is 1. The number of methoxy groups -OCH3 is 2. The van der Waals surface area contributed by atoms with Crippen LogP contribution in [-0.4, -0.2) is 52.0 Å². The summed E-state index contributed by atoms with van der Waals surface area (Å²) in [6, 6.07) is 6.05. The quantitative estimate of drug-likeness (QED) is 0.691. The van der Waals surface area contributed by atoms with E-state index in [1.807, 2.05) is 23.9 Å². The predicted octanol–water partition coefficient (Wildman–Crippen LogP) is 2.76. The Morgan fingerprint density at radius 1 is 1.15 bits per heavy atom. The van der Waals surface area contributed by atoms with Gasteiger partial charge < -0.3 is 9.47 Å². The number of aromatic nitrogens is 4. The van der Waals surface area contributed by atoms with Crippen LogP contribution in [0.4, 0.5) is 0 Å². The molecule has 0 radical (unpaired) electrons. The molecule has 4 rings (SSSR count). The molecule has 142 valence electrons. The molecule has 1 atom stereocenters. The second-order valence-corrected chi connectivity index (χ2v) is 6.96. The topological polar surface area (TPSA) is 65.3 Å². The Kier molecular flexibility index (Phi) is 4.94. The van der Waals surface area contributed by atoms with Crippen molar-refractivity contribution in [2.75, 3.05) is 27.3 Å². The van der Waals surface area contributed by atoms with Crippen LogP contribution < -0.4 is 9.47 Å². The van der Waals surface area contributed by atoms with Crippen molar-refractivity contribution in [2.24, 2.45) is 7.05 Å². The molecule has 0 spiro atoms. The van der Waals surface area contributed by atoms with E-state index in [1.54, 1.807) is 26.6 Å². The van der Waals surface area contributed by atoms with Crippen LogP contribution in [0.25, 0.3) is 11.2 Å². The lowest BCUT2D eigenvalue weighted by Crippen LogP contribution is -2.34. The molecule has 0 saturated carbocycles. The molecule has 3 aromatic rings. The van der Waals surface area contributed by atoms with Gasteiger partial charge in [-0.25, -0.2) is 14.6 Å². The van der Waals surface area contributed by atoms with Crippen molar-refractivity contribution in [3.8, 4) is 11.5 Å². The molecule has 0 amide bonds. The van der Waals surface area contributed by atoms with Crippen molar-refractivity contribution in [1.82, 2.24) is 24.6 Å². The summed E-state index contributed by atoms with van der Waals surface area (Å²) in [5.74, 6) is 1.95. The number of rotatable bonds is 5. The van der Waals surface area contributed by atoms with E-state index in [9.17, 15) is 0 Å². The van der Waals surface area contributed by atoms with Crippen LogP contribution in [0, 0.1) is 0 Å². The van der Waals surface area contributed by atoms with Crippen molar-refractivity contribution < 1.29 is 9.47 Å². The molecule has 7 heteroatoms. The Morgan fingerprint density at radius 2 is 2.00 bits per heavy atom. The molecule has 1 aliphatic heterocycles. The fraction of sp³-hybridized carbons (Fsp3) is 0.450. The first-order valence-electron chi connectivity index (χ1n) is 9.27. The van der Waals surface area contributed by atoms with E-state index < -0.39 is 0 Å². The molecule has 0 aliphatic carbocycles. The first kappa shape index (κ1) is 17.7. The Hall–Kier alpha value is -2.67. The molecule has 27 heavy (non-hydrogen) atoms. The molecule has 3 heterocycles. The molecular weight excluding hydrogens is 342 g/mol. The van der Waals surface area contributed by atoms with Gasteiger partial charge in [-0.2, -0.15) is 5.10 Å². The van der Waals surface area contributed by atoms with Crippen molar-refractivity contribution in [1.29, 1.82) is 0 Å². The molecule has 7 nitrogen and oxygen atoms in total. The molecule has 1 aromatic carbocycles. The second-order valence-electron chi connectivity index (χ2n) is 6.96. The highest BCUT2D eigenvalue weighted by atomic mass is 16.5. The van der Waals surface area contributed by atoms with Crippen molar-refractivity contribution >= 4 is 11.2 Å². The van der Waals surface area contributed by atoms with Crippen molar-refractivity contribution in [3.63, 3.8) is 0 Å². The zero-order valence-corrected chi connectivity index (χ0v) is 16.1. The average Bonchev–Trinajstić information content (AvgIpc) is 3.05. The van der Waals surface area contributed by atoms with Crippen molar-refractivity contribution in [2.45, 2.75) is 25.3 Å². The van der Waals surface area contributed by atoms with Crippen LogP contribution in [0.1, 0.15) is 30.0 Å². The molecule has 1 unspecified atom stereocenters. The number of hydrogen-bond donors (Lipinski definition) is 0. The molecule has 0 bridgehead atoms. The summed E-state index contributed by atoms with van der Waals surface area (Å²) < 4.78 is 12.9. The summed E-state index contributed by atoms with van der Waals surface area (Å²) in [7, 11) is 5.30. The lowest BCUT2D eigenvalue weighted by molar-refractivity contribution is 0.196. The lowest BCUT2D eigenvalue weighted by Gasteiger charge is -2.32. The van der Waals surface area contributed by atoms with Gasteiger partial charge in [-0.1, -0.05) is 12.1 Å². The van der Waals surface area contributed by atoms with E-state index in [2.05, 4.69) is 20.9 Å². The molecule has 1 fully saturated rings. The third-order valence-electron chi connectivity index (χ3n) is 5.26. The highest BCUT2D eigenvalue weighted by Gasteiger charge is 2.27. The largest absolute Gasteiger partial charge is 0.493 e. The van der Waals surface area contributed by atoms with Gasteiger partial charge in [-0.15, -0.1) is 0 Å². The first-order chi connectivity index (χ1) is 13.2. The second kappa shape index (κ2) is 7.52. The number of benzene rings is 1. The lowest BCUT2D eigenvalue weighted by atomic mass is 9.94. The fourth-order valence-electron chi connectivity index (χ4n) is 4.02. The van der Waals surface area contributed by atoms with Gasteiger partial charge in [0.2, 0.25) is 0 Å². The molecule has 1 saturated heterocycles. The maximum Gasteiger partial charge on any atom is 0.176 e. The summed E-state index contributed by atoms with van der Waals surface area (Å²) in [6.07, 6.45) is 5.72. The van der Waals surface area contributed by atoms with E-state index in [4.69, 9.17) is 14.6 Å². The van der Waals surface area contributed by atoms with E-state index in [0.29, 0.717) is 5.92 Å². The van der Waals surface area contributed by atoms with E-state index in [1.165, 1.54) is 0 Å². The minimum Gasteiger partial charge on any atom is -0.493 e. The summed E-state index contributed by atoms with van der Waals surface area (Å²) in [5, 5.41) is 4.74. The van der Waals surface area contributed by atoms with Crippen LogP contribution in [-0.2, 0) is 13.6 Å². The fourth-order valence-corrected chi connectivity index (χ4v) is 4.02. The Balaban J connectivity index is 1.57. The zero-order valence-electron chi connectivity index (χ0n) is 16.1. The van der Waals surface area contributed by atoms with Gasteiger partial charge in [-0.05, 0) is 25.5 Å². The first-order valence-corrected chi connectivity index (χ1v) is 9.27. The molecule has 0 N–H and O–H groups in total. The smallest absolute Gasteiger partial charge is 0.176 e. The highest BCUT2D eigenvalue weighted by molar-refractivity contribution is 5.73. The SMILES string of the molecule is COc1cccc(CN2CCCC(c3nn(C)c4nccnc34)C2)c1OC. The maximum atomic E-state index is 5.60. The minimum absolute atomic E-state index is 0.357. The number of aryl methyl sites for hydroxylation is 1. The van der Waals surface area contributed by atoms with Gasteiger partial charge in [0.1, 0.15) is 5.52 Å². The molecular formula is C20H25N5O2. The van der Waals surface area contributed by atoms with E-state index in [-0.39, 0.29) is 0 Å². The van der Waals surface area contributed by atoms with Gasteiger partial charge in [0, 0.05) is 44.0 Å². The van der Waals surface area contributed by atoms with Crippen LogP contribution in [0.3, 0.4) is 0 Å². The zero-order chi connectivity index (χ0) is 18.8. The monoisotopic (exact) mass is 367 g/mol. The number of para-hydroxylation sites is 1. The number of ether oxygens (including phenoxy) is 2. The van der Waals surface area contributed by atoms with E-state index >= 15 is 0 Å². The molecule has 1 aliphatic rings. The number of piperidine rings is 1. The van der Waals surface area contributed by atoms with Gasteiger partial charge >= 0.3 is 0 Å². The maximum absolute atomic E-state index is 5.60. The highest BCUT2D eigenvalue weighted by Crippen LogP contribution is 2.34. The molecule has 2 aromatic heterocycles. The third kappa shape index (κ3) is 3.35. The van der Waals surface area contributed by atoms with Crippen LogP contribution in [0.15, 0.2) is 30.6 Å². The van der Waals surface area contributed by atoms with Crippen LogP contribution >= 0.6 is 0 Å². The predicted molar refractivity (Wildman–Crippen MR) is 103 cm³/mol. The summed E-state index contributed by atoms with van der Waals surface area (Å²) in [4.78, 5) is 11.4. The van der Waals surface area contributed by atoms with Crippen molar-refractivity contribution in [3.05, 3.63) is 41.9 Å². The van der Waals surface area contributed by atoms with Crippen LogP contribution in [0.5, 0.6) is 11.5 Å². The summed E-state index contributed by atoms with van der Waals surface area (Å²) >= 11 is 0. The van der Waals surface area contributed by atoms with Gasteiger partial charge in [0.05, 0.1) is 19.9 Å². The van der Waals surface area contributed by atoms with Gasteiger partial charge in [0.25, 0.3) is 0 Å². The Morgan fingerprint density at radius 3 is 2.81 bits per heavy atom. The van der Waals surface area contributed by atoms with Crippen LogP contribution in [0.2, 0.25) is 0 Å². The average molecular weight is 367 g/mol.